The van der Waals surface area contributed by atoms with Crippen molar-refractivity contribution < 1.29 is 9.53 Å². The van der Waals surface area contributed by atoms with Gasteiger partial charge in [0.1, 0.15) is 6.10 Å². The van der Waals surface area contributed by atoms with Gasteiger partial charge >= 0.3 is 0 Å². The van der Waals surface area contributed by atoms with Crippen LogP contribution in [0, 0.1) is 0 Å². The largest absolute Gasteiger partial charge is 0.370 e. The highest BCUT2D eigenvalue weighted by Crippen LogP contribution is 2.25. The zero-order chi connectivity index (χ0) is 12.4. The van der Waals surface area contributed by atoms with E-state index >= 15 is 0 Å². The molecule has 2 aliphatic rings. The Labute approximate surface area is 101 Å². The summed E-state index contributed by atoms with van der Waals surface area (Å²) in [7, 11) is 1.96. The first kappa shape index (κ1) is 12.2. The molecule has 2 atom stereocenters. The van der Waals surface area contributed by atoms with Crippen LogP contribution in [0.25, 0.3) is 0 Å². The monoisotopic (exact) mass is 240 g/mol. The van der Waals surface area contributed by atoms with E-state index in [9.17, 15) is 4.79 Å². The van der Waals surface area contributed by atoms with Crippen LogP contribution in [0.3, 0.4) is 0 Å². The third-order valence-corrected chi connectivity index (χ3v) is 3.34. The Morgan fingerprint density at radius 2 is 2.06 bits per heavy atom. The van der Waals surface area contributed by atoms with Crippen LogP contribution in [0.5, 0.6) is 0 Å². The molecule has 0 aromatic rings. The van der Waals surface area contributed by atoms with Gasteiger partial charge in [0.2, 0.25) is 5.91 Å². The zero-order valence-corrected chi connectivity index (χ0v) is 10.1. The summed E-state index contributed by atoms with van der Waals surface area (Å²) in [5.41, 5.74) is 11.0. The number of nitrogens with zero attached hydrogens (tertiary/aromatic N) is 2. The van der Waals surface area contributed by atoms with E-state index in [1.54, 1.807) is 0 Å². The maximum Gasteiger partial charge on any atom is 0.246 e. The zero-order valence-electron chi connectivity index (χ0n) is 10.1. The molecule has 0 spiro atoms. The lowest BCUT2D eigenvalue weighted by atomic mass is 10.2. The molecule has 6 heteroatoms. The molecule has 17 heavy (non-hydrogen) atoms. The van der Waals surface area contributed by atoms with Crippen molar-refractivity contribution in [2.75, 3.05) is 13.6 Å². The van der Waals surface area contributed by atoms with Gasteiger partial charge in [-0.05, 0) is 25.7 Å². The smallest absolute Gasteiger partial charge is 0.246 e. The first-order valence-electron chi connectivity index (χ1n) is 6.05. The third kappa shape index (κ3) is 3.09. The minimum absolute atomic E-state index is 0.0290. The molecule has 1 saturated carbocycles. The minimum Gasteiger partial charge on any atom is -0.370 e. The number of nitrogens with two attached hydrogens (primary N) is 2. The Hall–Kier alpha value is -1.30. The van der Waals surface area contributed by atoms with Crippen molar-refractivity contribution in [3.63, 3.8) is 0 Å². The van der Waals surface area contributed by atoms with Crippen molar-refractivity contribution in [2.45, 2.75) is 43.9 Å². The molecule has 96 valence electrons. The normalized spacial score (nSPS) is 29.4. The molecule has 0 bridgehead atoms. The van der Waals surface area contributed by atoms with E-state index in [-0.39, 0.29) is 12.0 Å². The lowest BCUT2D eigenvalue weighted by Gasteiger charge is -2.17. The summed E-state index contributed by atoms with van der Waals surface area (Å²) < 4.78 is 5.47. The number of hydrogen-bond acceptors (Lipinski definition) is 3. The molecule has 1 aliphatic carbocycles. The lowest BCUT2D eigenvalue weighted by molar-refractivity contribution is -0.128. The molecule has 4 N–H and O–H groups in total. The van der Waals surface area contributed by atoms with Gasteiger partial charge in [-0.2, -0.15) is 0 Å². The number of rotatable bonds is 4. The second kappa shape index (κ2) is 4.91. The second-order valence-corrected chi connectivity index (χ2v) is 4.77. The van der Waals surface area contributed by atoms with Gasteiger partial charge in [-0.3, -0.25) is 9.79 Å². The number of guanidine groups is 1. The van der Waals surface area contributed by atoms with Crippen molar-refractivity contribution in [2.24, 2.45) is 16.5 Å². The third-order valence-electron chi connectivity index (χ3n) is 3.34. The van der Waals surface area contributed by atoms with Gasteiger partial charge in [0.05, 0.1) is 12.6 Å². The quantitative estimate of drug-likeness (QED) is 0.508. The van der Waals surface area contributed by atoms with Crippen LogP contribution in [0.1, 0.15) is 25.7 Å². The molecule has 1 heterocycles. The molecule has 0 aromatic carbocycles. The number of hydrogen-bond donors (Lipinski definition) is 2. The van der Waals surface area contributed by atoms with E-state index < -0.39 is 6.10 Å². The summed E-state index contributed by atoms with van der Waals surface area (Å²) in [5, 5.41) is 0. The summed E-state index contributed by atoms with van der Waals surface area (Å²) >= 11 is 0. The van der Waals surface area contributed by atoms with E-state index in [1.165, 1.54) is 12.8 Å². The highest BCUT2D eigenvalue weighted by Gasteiger charge is 2.30. The lowest BCUT2D eigenvalue weighted by Crippen LogP contribution is -2.36. The van der Waals surface area contributed by atoms with Crippen LogP contribution in [0.15, 0.2) is 4.99 Å². The molecular formula is C11H20N4O2. The van der Waals surface area contributed by atoms with Gasteiger partial charge in [-0.1, -0.05) is 0 Å². The van der Waals surface area contributed by atoms with Crippen molar-refractivity contribution in [1.82, 2.24) is 4.90 Å². The van der Waals surface area contributed by atoms with E-state index in [0.717, 1.165) is 6.42 Å². The molecule has 0 aromatic heterocycles. The summed E-state index contributed by atoms with van der Waals surface area (Å²) in [5.74, 6) is 0.165. The molecule has 2 fully saturated rings. The Morgan fingerprint density at radius 3 is 2.59 bits per heavy atom. The van der Waals surface area contributed by atoms with Crippen LogP contribution < -0.4 is 11.5 Å². The first-order chi connectivity index (χ1) is 8.08. The Morgan fingerprint density at radius 1 is 1.35 bits per heavy atom. The predicted molar refractivity (Wildman–Crippen MR) is 64.4 cm³/mol. The van der Waals surface area contributed by atoms with Gasteiger partial charge in [-0.15, -0.1) is 0 Å². The fraction of sp³-hybridized carbons (Fsp3) is 0.818. The van der Waals surface area contributed by atoms with E-state index in [1.807, 2.05) is 11.9 Å². The number of aliphatic imine (C=N–C) groups is 1. The van der Waals surface area contributed by atoms with Crippen LogP contribution in [0.2, 0.25) is 0 Å². The summed E-state index contributed by atoms with van der Waals surface area (Å²) in [4.78, 5) is 17.2. The summed E-state index contributed by atoms with van der Waals surface area (Å²) in [6, 6.07) is 0.557. The number of carbonyl (C=O) groups is 1. The van der Waals surface area contributed by atoms with Gasteiger partial charge in [0.15, 0.2) is 5.96 Å². The molecule has 2 unspecified atom stereocenters. The van der Waals surface area contributed by atoms with E-state index in [0.29, 0.717) is 25.0 Å². The van der Waals surface area contributed by atoms with Crippen LogP contribution in [-0.2, 0) is 9.53 Å². The van der Waals surface area contributed by atoms with Gasteiger partial charge in [0.25, 0.3) is 0 Å². The van der Waals surface area contributed by atoms with Gasteiger partial charge < -0.3 is 21.1 Å². The minimum atomic E-state index is -0.447. The molecule has 0 radical (unpaired) electrons. The fourth-order valence-electron chi connectivity index (χ4n) is 2.01. The van der Waals surface area contributed by atoms with Crippen molar-refractivity contribution >= 4 is 11.9 Å². The Kier molecular flexibility index (Phi) is 3.51. The van der Waals surface area contributed by atoms with Gasteiger partial charge in [0, 0.05) is 13.1 Å². The number of primary amides is 1. The SMILES string of the molecule is CN(C(N)=NCC1CCC(C(N)=O)O1)C1CC1. The topological polar surface area (TPSA) is 93.9 Å². The van der Waals surface area contributed by atoms with Crippen molar-refractivity contribution in [3.8, 4) is 0 Å². The highest BCUT2D eigenvalue weighted by atomic mass is 16.5. The average Bonchev–Trinajstić information content (AvgIpc) is 3.03. The molecular weight excluding hydrogens is 220 g/mol. The summed E-state index contributed by atoms with van der Waals surface area (Å²) in [6.07, 6.45) is 3.41. The van der Waals surface area contributed by atoms with Crippen LogP contribution >= 0.6 is 0 Å². The fourth-order valence-corrected chi connectivity index (χ4v) is 2.01. The number of amides is 1. The van der Waals surface area contributed by atoms with E-state index in [4.69, 9.17) is 16.2 Å². The van der Waals surface area contributed by atoms with Crippen molar-refractivity contribution in [3.05, 3.63) is 0 Å². The Bertz CT molecular complexity index is 327. The molecule has 6 nitrogen and oxygen atoms in total. The number of ether oxygens (including phenoxy) is 1. The summed E-state index contributed by atoms with van der Waals surface area (Å²) in [6.45, 7) is 0.507. The predicted octanol–water partition coefficient (Wildman–Crippen LogP) is -0.572. The number of carbonyl (C=O) groups excluding carboxylic acids is 1. The average molecular weight is 240 g/mol. The van der Waals surface area contributed by atoms with Crippen LogP contribution in [-0.4, -0.2) is 48.6 Å². The maximum atomic E-state index is 10.9. The van der Waals surface area contributed by atoms with E-state index in [2.05, 4.69) is 4.99 Å². The van der Waals surface area contributed by atoms with Crippen LogP contribution in [0.4, 0.5) is 0 Å². The van der Waals surface area contributed by atoms with Gasteiger partial charge in [-0.25, -0.2) is 0 Å². The molecule has 1 aliphatic heterocycles. The molecule has 1 amide bonds. The second-order valence-electron chi connectivity index (χ2n) is 4.77. The first-order valence-corrected chi connectivity index (χ1v) is 6.05. The Balaban J connectivity index is 1.78. The standard InChI is InChI=1S/C11H20N4O2/c1-15(7-2-3-7)11(13)14-6-8-4-5-9(17-8)10(12)16/h7-9H,2-6H2,1H3,(H2,12,16)(H2,13,14). The molecule has 2 rings (SSSR count). The molecule has 1 saturated heterocycles. The highest BCUT2D eigenvalue weighted by molar-refractivity contribution is 5.79. The maximum absolute atomic E-state index is 10.9. The van der Waals surface area contributed by atoms with Crippen molar-refractivity contribution in [1.29, 1.82) is 0 Å².